The van der Waals surface area contributed by atoms with Crippen molar-refractivity contribution in [1.29, 1.82) is 0 Å². The molecule has 12 heavy (non-hydrogen) atoms. The lowest BCUT2D eigenvalue weighted by Gasteiger charge is -2.04. The van der Waals surface area contributed by atoms with Gasteiger partial charge in [-0.2, -0.15) is 0 Å². The first-order chi connectivity index (χ1) is 5.72. The first-order valence-corrected chi connectivity index (χ1v) is 4.36. The van der Waals surface area contributed by atoms with Gasteiger partial charge in [0.1, 0.15) is 0 Å². The van der Waals surface area contributed by atoms with Gasteiger partial charge >= 0.3 is 5.97 Å². The average Bonchev–Trinajstić information content (AvgIpc) is 2.05. The molecule has 1 radical (unpaired) electrons. The molecule has 0 aromatic rings. The van der Waals surface area contributed by atoms with Crippen LogP contribution in [0.1, 0.15) is 32.6 Å². The summed E-state index contributed by atoms with van der Waals surface area (Å²) in [6.07, 6.45) is 3.28. The fourth-order valence-corrected chi connectivity index (χ4v) is 0.727. The quantitative estimate of drug-likeness (QED) is 0.347. The highest BCUT2D eigenvalue weighted by Crippen LogP contribution is 2.04. The van der Waals surface area contributed by atoms with Crippen LogP contribution >= 0.6 is 0 Å². The van der Waals surface area contributed by atoms with Crippen LogP contribution in [-0.4, -0.2) is 12.6 Å². The van der Waals surface area contributed by atoms with Gasteiger partial charge in [-0.15, -0.1) is 0 Å². The van der Waals surface area contributed by atoms with Gasteiger partial charge < -0.3 is 4.74 Å². The summed E-state index contributed by atoms with van der Waals surface area (Å²) >= 11 is 0. The zero-order valence-corrected chi connectivity index (χ0v) is 7.77. The lowest BCUT2D eigenvalue weighted by Crippen LogP contribution is -2.07. The molecular formula is C10H17O2. The Balaban J connectivity index is 3.50. The summed E-state index contributed by atoms with van der Waals surface area (Å²) in [6, 6.07) is 0. The van der Waals surface area contributed by atoms with E-state index in [0.29, 0.717) is 25.0 Å². The smallest absolute Gasteiger partial charge is 0.333 e. The number of carbonyl (C=O) groups excluding carboxylic acids is 1. The highest BCUT2D eigenvalue weighted by Gasteiger charge is 2.05. The Labute approximate surface area is 74.6 Å². The summed E-state index contributed by atoms with van der Waals surface area (Å²) in [5.41, 5.74) is 0.529. The Morgan fingerprint density at radius 2 is 2.17 bits per heavy atom. The second-order valence-electron chi connectivity index (χ2n) is 2.70. The van der Waals surface area contributed by atoms with Crippen LogP contribution in [0.4, 0.5) is 0 Å². The van der Waals surface area contributed by atoms with E-state index in [1.807, 2.05) is 0 Å². The molecule has 2 nitrogen and oxygen atoms in total. The molecule has 0 aromatic heterocycles. The molecule has 0 aromatic carbocycles. The van der Waals surface area contributed by atoms with Crippen molar-refractivity contribution >= 4 is 5.97 Å². The molecule has 0 aliphatic rings. The van der Waals surface area contributed by atoms with Gasteiger partial charge in [0.05, 0.1) is 6.61 Å². The molecule has 0 rings (SSSR count). The molecule has 0 saturated carbocycles. The van der Waals surface area contributed by atoms with Gasteiger partial charge in [0, 0.05) is 5.57 Å². The lowest BCUT2D eigenvalue weighted by molar-refractivity contribution is -0.139. The molecule has 2 heteroatoms. The largest absolute Gasteiger partial charge is 0.462 e. The Morgan fingerprint density at radius 3 is 2.67 bits per heavy atom. The third kappa shape index (κ3) is 4.94. The molecule has 0 N–H and O–H groups in total. The van der Waals surface area contributed by atoms with E-state index in [9.17, 15) is 4.79 Å². The normalized spacial score (nSPS) is 9.50. The maximum atomic E-state index is 11.1. The molecule has 0 fully saturated rings. The van der Waals surface area contributed by atoms with E-state index in [2.05, 4.69) is 20.4 Å². The van der Waals surface area contributed by atoms with Crippen molar-refractivity contribution in [3.8, 4) is 0 Å². The van der Waals surface area contributed by atoms with Gasteiger partial charge in [-0.1, -0.05) is 26.8 Å². The standard InChI is InChI=1S/C10H17O2/c1-4-6-8-12-10(11)9(3)7-5-2/h2-8H2,1H3. The van der Waals surface area contributed by atoms with Crippen LogP contribution in [0.15, 0.2) is 12.2 Å². The van der Waals surface area contributed by atoms with Crippen molar-refractivity contribution in [3.63, 3.8) is 0 Å². The molecule has 0 saturated heterocycles. The number of ether oxygens (including phenoxy) is 1. The number of rotatable bonds is 6. The van der Waals surface area contributed by atoms with Crippen LogP contribution in [0.5, 0.6) is 0 Å². The molecule has 69 valence electrons. The highest BCUT2D eigenvalue weighted by molar-refractivity contribution is 5.87. The fraction of sp³-hybridized carbons (Fsp3) is 0.600. The number of esters is 1. The van der Waals surface area contributed by atoms with Crippen molar-refractivity contribution in [3.05, 3.63) is 19.1 Å². The predicted molar refractivity (Wildman–Crippen MR) is 49.6 cm³/mol. The lowest BCUT2D eigenvalue weighted by atomic mass is 10.2. The van der Waals surface area contributed by atoms with E-state index in [0.717, 1.165) is 12.8 Å². The number of hydrogen-bond donors (Lipinski definition) is 0. The number of unbranched alkanes of at least 4 members (excludes halogenated alkanes) is 1. The molecule has 0 aliphatic carbocycles. The molecule has 0 bridgehead atoms. The zero-order valence-electron chi connectivity index (χ0n) is 7.77. The first-order valence-electron chi connectivity index (χ1n) is 4.36. The minimum Gasteiger partial charge on any atom is -0.462 e. The summed E-state index contributed by atoms with van der Waals surface area (Å²) < 4.78 is 4.93. The van der Waals surface area contributed by atoms with Gasteiger partial charge in [-0.3, -0.25) is 0 Å². The molecule has 0 atom stereocenters. The molecule has 0 spiro atoms. The van der Waals surface area contributed by atoms with Crippen LogP contribution in [0.25, 0.3) is 0 Å². The van der Waals surface area contributed by atoms with Crippen LogP contribution in [0, 0.1) is 6.92 Å². The third-order valence-electron chi connectivity index (χ3n) is 1.50. The summed E-state index contributed by atoms with van der Waals surface area (Å²) in [6.45, 7) is 9.80. The van der Waals surface area contributed by atoms with E-state index < -0.39 is 0 Å². The zero-order chi connectivity index (χ0) is 9.40. The summed E-state index contributed by atoms with van der Waals surface area (Å²) in [5.74, 6) is -0.271. The van der Waals surface area contributed by atoms with Crippen LogP contribution in [0.2, 0.25) is 0 Å². The highest BCUT2D eigenvalue weighted by atomic mass is 16.5. The van der Waals surface area contributed by atoms with E-state index in [4.69, 9.17) is 4.74 Å². The molecular weight excluding hydrogens is 152 g/mol. The Kier molecular flexibility index (Phi) is 6.44. The minimum atomic E-state index is -0.271. The van der Waals surface area contributed by atoms with Gasteiger partial charge in [-0.25, -0.2) is 4.79 Å². The average molecular weight is 169 g/mol. The van der Waals surface area contributed by atoms with Crippen LogP contribution in [0.3, 0.4) is 0 Å². The minimum absolute atomic E-state index is 0.271. The molecule has 0 amide bonds. The van der Waals surface area contributed by atoms with Crippen LogP contribution in [-0.2, 0) is 9.53 Å². The second kappa shape index (κ2) is 6.89. The van der Waals surface area contributed by atoms with Crippen molar-refractivity contribution in [2.75, 3.05) is 6.61 Å². The third-order valence-corrected chi connectivity index (χ3v) is 1.50. The summed E-state index contributed by atoms with van der Waals surface area (Å²) in [7, 11) is 0. The van der Waals surface area contributed by atoms with Gasteiger partial charge in [0.15, 0.2) is 0 Å². The predicted octanol–water partition coefficient (Wildman–Crippen LogP) is 2.50. The van der Waals surface area contributed by atoms with Crippen molar-refractivity contribution < 1.29 is 9.53 Å². The molecule has 0 aliphatic heterocycles. The Morgan fingerprint density at radius 1 is 1.50 bits per heavy atom. The number of hydrogen-bond acceptors (Lipinski definition) is 2. The maximum Gasteiger partial charge on any atom is 0.333 e. The van der Waals surface area contributed by atoms with E-state index in [1.165, 1.54) is 0 Å². The van der Waals surface area contributed by atoms with Gasteiger partial charge in [0.2, 0.25) is 0 Å². The first kappa shape index (κ1) is 11.2. The van der Waals surface area contributed by atoms with Crippen molar-refractivity contribution in [2.24, 2.45) is 0 Å². The topological polar surface area (TPSA) is 26.3 Å². The summed E-state index contributed by atoms with van der Waals surface area (Å²) in [4.78, 5) is 11.1. The Bertz CT molecular complexity index is 150. The number of carbonyl (C=O) groups is 1. The Hall–Kier alpha value is -0.790. The van der Waals surface area contributed by atoms with Crippen LogP contribution < -0.4 is 0 Å². The molecule has 0 unspecified atom stereocenters. The second-order valence-corrected chi connectivity index (χ2v) is 2.70. The monoisotopic (exact) mass is 169 g/mol. The van der Waals surface area contributed by atoms with Crippen molar-refractivity contribution in [1.82, 2.24) is 0 Å². The SMILES string of the molecule is [CH2]CCC(=C)C(=O)OCCCC. The van der Waals surface area contributed by atoms with Gasteiger partial charge in [0.25, 0.3) is 0 Å². The van der Waals surface area contributed by atoms with E-state index >= 15 is 0 Å². The van der Waals surface area contributed by atoms with Gasteiger partial charge in [-0.05, 0) is 19.3 Å². The summed E-state index contributed by atoms with van der Waals surface area (Å²) in [5, 5.41) is 0. The maximum absolute atomic E-state index is 11.1. The molecule has 0 heterocycles. The van der Waals surface area contributed by atoms with E-state index in [1.54, 1.807) is 0 Å². The fourth-order valence-electron chi connectivity index (χ4n) is 0.727. The van der Waals surface area contributed by atoms with Crippen molar-refractivity contribution in [2.45, 2.75) is 32.6 Å². The van der Waals surface area contributed by atoms with E-state index in [-0.39, 0.29) is 5.97 Å².